The molecule has 0 unspecified atom stereocenters. The summed E-state index contributed by atoms with van der Waals surface area (Å²) >= 11 is 3.36. The summed E-state index contributed by atoms with van der Waals surface area (Å²) < 4.78 is 32.9. The Kier molecular flexibility index (Phi) is 10.4. The lowest BCUT2D eigenvalue weighted by atomic mass is 10.0. The molecule has 0 saturated carbocycles. The van der Waals surface area contributed by atoms with Crippen LogP contribution in [0.5, 0.6) is 5.75 Å². The third-order valence-corrected chi connectivity index (χ3v) is 7.72. The molecule has 1 N–H and O–H groups in total. The summed E-state index contributed by atoms with van der Waals surface area (Å²) in [6, 6.07) is 22.4. The molecule has 0 bridgehead atoms. The number of nitrogens with one attached hydrogen (secondary N) is 1. The quantitative estimate of drug-likeness (QED) is 0.329. The smallest absolute Gasteiger partial charge is 0.244 e. The van der Waals surface area contributed by atoms with E-state index in [-0.39, 0.29) is 18.9 Å². The van der Waals surface area contributed by atoms with Gasteiger partial charge in [-0.25, -0.2) is 8.42 Å². The summed E-state index contributed by atoms with van der Waals surface area (Å²) in [5.74, 6) is -0.237. The van der Waals surface area contributed by atoms with Gasteiger partial charge in [0.15, 0.2) is 0 Å². The maximum absolute atomic E-state index is 14.1. The van der Waals surface area contributed by atoms with Crippen LogP contribution in [-0.2, 0) is 32.6 Å². The molecule has 0 saturated heterocycles. The van der Waals surface area contributed by atoms with Crippen LogP contribution in [0.1, 0.15) is 31.9 Å². The molecule has 0 heterocycles. The molecule has 1 atom stereocenters. The summed E-state index contributed by atoms with van der Waals surface area (Å²) in [5, 5.41) is 3.01. The maximum atomic E-state index is 14.1. The molecule has 0 aliphatic heterocycles. The van der Waals surface area contributed by atoms with Crippen LogP contribution < -0.4 is 14.4 Å². The molecule has 0 aliphatic rings. The van der Waals surface area contributed by atoms with Crippen molar-refractivity contribution in [2.75, 3.05) is 24.2 Å². The van der Waals surface area contributed by atoms with Crippen molar-refractivity contribution in [3.8, 4) is 5.75 Å². The third kappa shape index (κ3) is 9.09. The average Bonchev–Trinajstić information content (AvgIpc) is 2.89. The van der Waals surface area contributed by atoms with Crippen LogP contribution in [0.4, 0.5) is 5.69 Å². The van der Waals surface area contributed by atoms with Crippen LogP contribution in [0.2, 0.25) is 0 Å². The standard InChI is InChI=1S/C30H36BrN3O5S/c1-30(2,3)32-29(36)27(19-22-10-7-6-8-11-22)33(20-23-12-9-13-26(18-23)39-4)28(35)21-34(40(5,37)38)25-16-14-24(31)15-17-25/h6-18,27H,19-21H2,1-5H3,(H,32,36)/t27-/m0/s1. The van der Waals surface area contributed by atoms with Gasteiger partial charge in [0.25, 0.3) is 0 Å². The van der Waals surface area contributed by atoms with Gasteiger partial charge in [0.05, 0.1) is 19.1 Å². The Hall–Kier alpha value is -3.37. The summed E-state index contributed by atoms with van der Waals surface area (Å²) in [6.07, 6.45) is 1.30. The highest BCUT2D eigenvalue weighted by Crippen LogP contribution is 2.23. The number of anilines is 1. The number of carbonyl (C=O) groups is 2. The van der Waals surface area contributed by atoms with Crippen molar-refractivity contribution >= 4 is 43.5 Å². The van der Waals surface area contributed by atoms with Gasteiger partial charge < -0.3 is 15.0 Å². The first-order chi connectivity index (χ1) is 18.8. The van der Waals surface area contributed by atoms with E-state index in [1.165, 1.54) is 4.90 Å². The summed E-state index contributed by atoms with van der Waals surface area (Å²) in [7, 11) is -2.27. The minimum absolute atomic E-state index is 0.0725. The van der Waals surface area contributed by atoms with Gasteiger partial charge in [-0.15, -0.1) is 0 Å². The maximum Gasteiger partial charge on any atom is 0.244 e. The van der Waals surface area contributed by atoms with Gasteiger partial charge in [0.1, 0.15) is 18.3 Å². The van der Waals surface area contributed by atoms with E-state index >= 15 is 0 Å². The molecule has 0 radical (unpaired) electrons. The van der Waals surface area contributed by atoms with Gasteiger partial charge in [-0.05, 0) is 68.3 Å². The minimum atomic E-state index is -3.83. The van der Waals surface area contributed by atoms with Crippen LogP contribution in [-0.4, -0.2) is 56.6 Å². The molecular weight excluding hydrogens is 594 g/mol. The molecule has 0 aliphatic carbocycles. The Balaban J connectivity index is 2.08. The number of halogens is 1. The number of ether oxygens (including phenoxy) is 1. The van der Waals surface area contributed by atoms with Gasteiger partial charge >= 0.3 is 0 Å². The van der Waals surface area contributed by atoms with Crippen molar-refractivity contribution in [2.45, 2.75) is 45.3 Å². The minimum Gasteiger partial charge on any atom is -0.497 e. The first kappa shape index (κ1) is 31.2. The van der Waals surface area contributed by atoms with Gasteiger partial charge in [0.2, 0.25) is 21.8 Å². The van der Waals surface area contributed by atoms with Gasteiger partial charge in [-0.1, -0.05) is 58.4 Å². The second kappa shape index (κ2) is 13.3. The van der Waals surface area contributed by atoms with Gasteiger partial charge in [-0.2, -0.15) is 0 Å². The zero-order valence-electron chi connectivity index (χ0n) is 23.4. The lowest BCUT2D eigenvalue weighted by Gasteiger charge is -2.35. The van der Waals surface area contributed by atoms with Gasteiger partial charge in [0, 0.05) is 23.0 Å². The predicted molar refractivity (Wildman–Crippen MR) is 162 cm³/mol. The van der Waals surface area contributed by atoms with Crippen molar-refractivity contribution in [3.63, 3.8) is 0 Å². The van der Waals surface area contributed by atoms with E-state index in [4.69, 9.17) is 4.74 Å². The number of benzene rings is 3. The topological polar surface area (TPSA) is 96.0 Å². The second-order valence-corrected chi connectivity index (χ2v) is 13.4. The molecule has 3 aromatic rings. The van der Waals surface area contributed by atoms with E-state index in [9.17, 15) is 18.0 Å². The largest absolute Gasteiger partial charge is 0.497 e. The lowest BCUT2D eigenvalue weighted by Crippen LogP contribution is -2.56. The highest BCUT2D eigenvalue weighted by Gasteiger charge is 2.34. The molecule has 8 nitrogen and oxygen atoms in total. The molecule has 10 heteroatoms. The fraction of sp³-hybridized carbons (Fsp3) is 0.333. The lowest BCUT2D eigenvalue weighted by molar-refractivity contribution is -0.140. The van der Waals surface area contributed by atoms with Crippen LogP contribution in [0.15, 0.2) is 83.3 Å². The van der Waals surface area contributed by atoms with E-state index in [0.717, 1.165) is 26.2 Å². The van der Waals surface area contributed by atoms with Crippen LogP contribution in [0.25, 0.3) is 0 Å². The first-order valence-corrected chi connectivity index (χ1v) is 15.4. The average molecular weight is 631 g/mol. The predicted octanol–water partition coefficient (Wildman–Crippen LogP) is 4.78. The number of carbonyl (C=O) groups excluding carboxylic acids is 2. The Morgan fingerprint density at radius 1 is 0.950 bits per heavy atom. The number of methoxy groups -OCH3 is 1. The first-order valence-electron chi connectivity index (χ1n) is 12.8. The van der Waals surface area contributed by atoms with Crippen LogP contribution in [0.3, 0.4) is 0 Å². The summed E-state index contributed by atoms with van der Waals surface area (Å²) in [4.78, 5) is 29.3. The molecule has 0 fully saturated rings. The fourth-order valence-electron chi connectivity index (χ4n) is 4.20. The molecule has 0 spiro atoms. The van der Waals surface area contributed by atoms with E-state index in [1.807, 2.05) is 63.2 Å². The molecule has 3 aromatic carbocycles. The second-order valence-electron chi connectivity index (χ2n) is 10.6. The number of hydrogen-bond donors (Lipinski definition) is 1. The SMILES string of the molecule is COc1cccc(CN(C(=O)CN(c2ccc(Br)cc2)S(C)(=O)=O)[C@@H](Cc2ccccc2)C(=O)NC(C)(C)C)c1. The van der Waals surface area contributed by atoms with E-state index < -0.39 is 34.1 Å². The van der Waals surface area contributed by atoms with Crippen molar-refractivity contribution in [1.82, 2.24) is 10.2 Å². The molecule has 40 heavy (non-hydrogen) atoms. The monoisotopic (exact) mass is 629 g/mol. The Bertz CT molecular complexity index is 1410. The number of sulfonamides is 1. The summed E-state index contributed by atoms with van der Waals surface area (Å²) in [5.41, 5.74) is 1.41. The van der Waals surface area contributed by atoms with Crippen LogP contribution >= 0.6 is 15.9 Å². The van der Waals surface area contributed by atoms with Gasteiger partial charge in [-0.3, -0.25) is 13.9 Å². The fourth-order valence-corrected chi connectivity index (χ4v) is 5.31. The van der Waals surface area contributed by atoms with Crippen molar-refractivity contribution < 1.29 is 22.7 Å². The molecule has 3 rings (SSSR count). The zero-order valence-corrected chi connectivity index (χ0v) is 25.8. The zero-order chi connectivity index (χ0) is 29.5. The van der Waals surface area contributed by atoms with Crippen LogP contribution in [0, 0.1) is 0 Å². The highest BCUT2D eigenvalue weighted by molar-refractivity contribution is 9.10. The number of hydrogen-bond acceptors (Lipinski definition) is 5. The summed E-state index contributed by atoms with van der Waals surface area (Å²) in [6.45, 7) is 5.22. The van der Waals surface area contributed by atoms with E-state index in [0.29, 0.717) is 11.4 Å². The molecule has 2 amide bonds. The van der Waals surface area contributed by atoms with E-state index in [2.05, 4.69) is 21.2 Å². The molecule has 214 valence electrons. The van der Waals surface area contributed by atoms with Crippen molar-refractivity contribution in [1.29, 1.82) is 0 Å². The van der Waals surface area contributed by atoms with Crippen molar-refractivity contribution in [2.24, 2.45) is 0 Å². The normalized spacial score (nSPS) is 12.3. The Morgan fingerprint density at radius 2 is 1.57 bits per heavy atom. The molecular formula is C30H36BrN3O5S. The van der Waals surface area contributed by atoms with Crippen molar-refractivity contribution in [3.05, 3.63) is 94.5 Å². The number of rotatable bonds is 11. The number of nitrogens with zero attached hydrogens (tertiary/aromatic N) is 2. The Labute approximate surface area is 245 Å². The third-order valence-electron chi connectivity index (χ3n) is 6.05. The molecule has 0 aromatic heterocycles. The van der Waals surface area contributed by atoms with E-state index in [1.54, 1.807) is 43.5 Å². The highest BCUT2D eigenvalue weighted by atomic mass is 79.9. The Morgan fingerprint density at radius 3 is 2.15 bits per heavy atom. The number of amides is 2.